The third-order valence-corrected chi connectivity index (χ3v) is 20.5. The van der Waals surface area contributed by atoms with Gasteiger partial charge in [0.25, 0.3) is 0 Å². The van der Waals surface area contributed by atoms with Crippen LogP contribution in [0.15, 0.2) is 0 Å². The molecular formula is C80H156O17P2. The zero-order valence-corrected chi connectivity index (χ0v) is 66.9. The molecule has 0 aliphatic carbocycles. The summed E-state index contributed by atoms with van der Waals surface area (Å²) in [5.41, 5.74) is 0. The van der Waals surface area contributed by atoms with Crippen molar-refractivity contribution in [2.45, 2.75) is 427 Å². The molecule has 0 aliphatic heterocycles. The van der Waals surface area contributed by atoms with Gasteiger partial charge in [-0.15, -0.1) is 0 Å². The van der Waals surface area contributed by atoms with Crippen LogP contribution in [0.5, 0.6) is 0 Å². The second kappa shape index (κ2) is 69.1. The minimum Gasteiger partial charge on any atom is -0.462 e. The van der Waals surface area contributed by atoms with Crippen molar-refractivity contribution in [1.29, 1.82) is 0 Å². The normalized spacial score (nSPS) is 14.1. The van der Waals surface area contributed by atoms with E-state index in [-0.39, 0.29) is 25.7 Å². The van der Waals surface area contributed by atoms with E-state index in [2.05, 4.69) is 55.4 Å². The predicted molar refractivity (Wildman–Crippen MR) is 404 cm³/mol. The van der Waals surface area contributed by atoms with Crippen molar-refractivity contribution >= 4 is 39.5 Å². The molecule has 3 N–H and O–H groups in total. The highest BCUT2D eigenvalue weighted by Crippen LogP contribution is 2.45. The average molecular weight is 1450 g/mol. The van der Waals surface area contributed by atoms with E-state index in [0.717, 1.165) is 114 Å². The molecule has 19 heteroatoms. The van der Waals surface area contributed by atoms with Crippen LogP contribution >= 0.6 is 15.6 Å². The lowest BCUT2D eigenvalue weighted by Gasteiger charge is -2.21. The Labute approximate surface area is 607 Å². The molecule has 5 atom stereocenters. The minimum absolute atomic E-state index is 0.106. The van der Waals surface area contributed by atoms with E-state index >= 15 is 0 Å². The second-order valence-electron chi connectivity index (χ2n) is 30.7. The molecule has 0 aromatic rings. The lowest BCUT2D eigenvalue weighted by Crippen LogP contribution is -2.30. The molecule has 0 amide bonds. The first-order valence-corrected chi connectivity index (χ1v) is 44.2. The highest BCUT2D eigenvalue weighted by atomic mass is 31.2. The molecule has 0 aromatic heterocycles. The van der Waals surface area contributed by atoms with E-state index in [4.69, 9.17) is 37.0 Å². The zero-order valence-electron chi connectivity index (χ0n) is 65.1. The maximum Gasteiger partial charge on any atom is 0.472 e. The Morgan fingerprint density at radius 2 is 0.424 bits per heavy atom. The van der Waals surface area contributed by atoms with E-state index in [1.807, 2.05) is 0 Å². The van der Waals surface area contributed by atoms with Crippen LogP contribution in [0, 0.1) is 23.7 Å². The molecule has 588 valence electrons. The number of rotatable bonds is 77. The number of esters is 4. The van der Waals surface area contributed by atoms with Crippen molar-refractivity contribution in [3.8, 4) is 0 Å². The van der Waals surface area contributed by atoms with Gasteiger partial charge in [-0.1, -0.05) is 357 Å². The molecule has 2 unspecified atom stereocenters. The van der Waals surface area contributed by atoms with Gasteiger partial charge in [-0.25, -0.2) is 9.13 Å². The van der Waals surface area contributed by atoms with Gasteiger partial charge >= 0.3 is 39.5 Å². The predicted octanol–water partition coefficient (Wildman–Crippen LogP) is 23.6. The monoisotopic (exact) mass is 1450 g/mol. The molecule has 99 heavy (non-hydrogen) atoms. The summed E-state index contributed by atoms with van der Waals surface area (Å²) in [6.07, 6.45) is 55.6. The fourth-order valence-corrected chi connectivity index (χ4v) is 13.8. The summed E-state index contributed by atoms with van der Waals surface area (Å²) in [5, 5.41) is 10.6. The Morgan fingerprint density at radius 3 is 0.626 bits per heavy atom. The van der Waals surface area contributed by atoms with Crippen LogP contribution in [0.1, 0.15) is 409 Å². The molecule has 0 aliphatic rings. The van der Waals surface area contributed by atoms with Gasteiger partial charge in [0.1, 0.15) is 19.3 Å². The van der Waals surface area contributed by atoms with Gasteiger partial charge in [0, 0.05) is 25.7 Å². The fraction of sp³-hybridized carbons (Fsp3) is 0.950. The summed E-state index contributed by atoms with van der Waals surface area (Å²) in [7, 11) is -9.92. The number of aliphatic hydroxyl groups excluding tert-OH is 1. The molecular weight excluding hydrogens is 1290 g/mol. The largest absolute Gasteiger partial charge is 0.472 e. The number of phosphoric acid groups is 2. The first-order chi connectivity index (χ1) is 47.6. The number of phosphoric ester groups is 2. The molecule has 0 heterocycles. The number of carbonyl (C=O) groups is 4. The molecule has 0 saturated carbocycles. The molecule has 0 aromatic carbocycles. The van der Waals surface area contributed by atoms with E-state index in [9.17, 15) is 43.2 Å². The summed E-state index contributed by atoms with van der Waals surface area (Å²) >= 11 is 0. The average Bonchev–Trinajstić information content (AvgIpc) is 1.79. The maximum absolute atomic E-state index is 13.1. The van der Waals surface area contributed by atoms with Crippen LogP contribution in [0.25, 0.3) is 0 Å². The summed E-state index contributed by atoms with van der Waals surface area (Å²) in [4.78, 5) is 73.0. The Kier molecular flexibility index (Phi) is 67.8. The Bertz CT molecular complexity index is 1940. The molecule has 0 bridgehead atoms. The smallest absolute Gasteiger partial charge is 0.462 e. The minimum atomic E-state index is -4.96. The molecule has 17 nitrogen and oxygen atoms in total. The topological polar surface area (TPSA) is 237 Å². The zero-order chi connectivity index (χ0) is 73.1. The number of hydrogen-bond donors (Lipinski definition) is 3. The fourth-order valence-electron chi connectivity index (χ4n) is 12.3. The maximum atomic E-state index is 13.1. The van der Waals surface area contributed by atoms with E-state index < -0.39 is 97.5 Å². The van der Waals surface area contributed by atoms with Crippen molar-refractivity contribution < 1.29 is 80.2 Å². The van der Waals surface area contributed by atoms with Gasteiger partial charge in [0.2, 0.25) is 0 Å². The lowest BCUT2D eigenvalue weighted by molar-refractivity contribution is -0.161. The standard InChI is InChI=1S/C80H156O17P2/c1-70(2)56-48-40-32-26-20-14-11-9-10-12-16-24-30-36-46-54-62-79(84)96-75(66-90-77(82)60-52-44-35-29-23-19-18-22-28-34-42-50-58-72(5)6)68-94-98(86,87)92-64-74(81)65-93-99(88,89)95-69-76(67-91-78(83)61-53-45-39-38-43-51-59-73(7)8)97-80(85)63-55-47-37-31-25-17-13-15-21-27-33-41-49-57-71(3)4/h70-76,81H,9-69H2,1-8H3,(H,86,87)(H,88,89)/t74-,75-,76-/m1/s1. The third-order valence-electron chi connectivity index (χ3n) is 18.6. The van der Waals surface area contributed by atoms with Gasteiger partial charge in [-0.05, 0) is 49.4 Å². The van der Waals surface area contributed by atoms with Crippen molar-refractivity contribution in [2.24, 2.45) is 23.7 Å². The number of unbranched alkanes of at least 4 members (excludes halogenated alkanes) is 43. The van der Waals surface area contributed by atoms with Gasteiger partial charge in [0.05, 0.1) is 26.4 Å². The van der Waals surface area contributed by atoms with Gasteiger partial charge in [0.15, 0.2) is 12.2 Å². The van der Waals surface area contributed by atoms with Crippen molar-refractivity contribution in [3.05, 3.63) is 0 Å². The van der Waals surface area contributed by atoms with Crippen molar-refractivity contribution in [2.75, 3.05) is 39.6 Å². The van der Waals surface area contributed by atoms with E-state index in [1.54, 1.807) is 0 Å². The lowest BCUT2D eigenvalue weighted by atomic mass is 10.0. The quantitative estimate of drug-likeness (QED) is 0.0222. The molecule has 0 fully saturated rings. The Morgan fingerprint density at radius 1 is 0.253 bits per heavy atom. The number of hydrogen-bond acceptors (Lipinski definition) is 15. The highest BCUT2D eigenvalue weighted by molar-refractivity contribution is 7.47. The summed E-state index contributed by atoms with van der Waals surface area (Å²) < 4.78 is 68.7. The van der Waals surface area contributed by atoms with Crippen LogP contribution in [0.4, 0.5) is 0 Å². The van der Waals surface area contributed by atoms with Crippen LogP contribution in [-0.2, 0) is 65.4 Å². The second-order valence-corrected chi connectivity index (χ2v) is 33.6. The number of ether oxygens (including phenoxy) is 4. The molecule has 0 spiro atoms. The van der Waals surface area contributed by atoms with E-state index in [0.29, 0.717) is 31.6 Å². The van der Waals surface area contributed by atoms with Crippen molar-refractivity contribution in [1.82, 2.24) is 0 Å². The molecule has 0 rings (SSSR count). The summed E-state index contributed by atoms with van der Waals surface area (Å²) in [6, 6.07) is 0. The highest BCUT2D eigenvalue weighted by Gasteiger charge is 2.30. The van der Waals surface area contributed by atoms with Gasteiger partial charge < -0.3 is 33.8 Å². The SMILES string of the molecule is CC(C)CCCCCCCCCCCCCCCCCCC(=O)O[C@H](COC(=O)CCCCCCCCCCCCCCC(C)C)COP(=O)(O)OC[C@@H](O)COP(=O)(O)OC[C@@H](COC(=O)CCCCCCCCC(C)C)OC(=O)CCCCCCCCCCCCCCCC(C)C. The van der Waals surface area contributed by atoms with Crippen LogP contribution in [-0.4, -0.2) is 96.7 Å². The van der Waals surface area contributed by atoms with Crippen LogP contribution < -0.4 is 0 Å². The van der Waals surface area contributed by atoms with Crippen molar-refractivity contribution in [3.63, 3.8) is 0 Å². The number of carbonyl (C=O) groups excluding carboxylic acids is 4. The van der Waals surface area contributed by atoms with Crippen LogP contribution in [0.3, 0.4) is 0 Å². The molecule has 0 radical (unpaired) electrons. The molecule has 0 saturated heterocycles. The first-order valence-electron chi connectivity index (χ1n) is 41.2. The third kappa shape index (κ3) is 74.1. The van der Waals surface area contributed by atoms with Gasteiger partial charge in [-0.3, -0.25) is 37.3 Å². The van der Waals surface area contributed by atoms with E-state index in [1.165, 1.54) is 205 Å². The first kappa shape index (κ1) is 97.1. The Balaban J connectivity index is 5.23. The Hall–Kier alpha value is -1.94. The number of aliphatic hydroxyl groups is 1. The summed E-state index contributed by atoms with van der Waals surface area (Å²) in [5.74, 6) is 0.940. The van der Waals surface area contributed by atoms with Gasteiger partial charge in [-0.2, -0.15) is 0 Å². The van der Waals surface area contributed by atoms with Crippen LogP contribution in [0.2, 0.25) is 0 Å². The summed E-state index contributed by atoms with van der Waals surface area (Å²) in [6.45, 7) is 14.2.